The lowest BCUT2D eigenvalue weighted by Crippen LogP contribution is -2.39. The van der Waals surface area contributed by atoms with Gasteiger partial charge < -0.3 is 29.2 Å². The molecule has 3 rings (SSSR count). The third-order valence-electron chi connectivity index (χ3n) is 3.96. The number of aliphatic hydroxyl groups excluding tert-OH is 1. The Morgan fingerprint density at radius 2 is 2.20 bits per heavy atom. The van der Waals surface area contributed by atoms with Crippen LogP contribution in [0.1, 0.15) is 5.76 Å². The first-order valence-electron chi connectivity index (χ1n) is 8.25. The lowest BCUT2D eigenvalue weighted by atomic mass is 10.2. The average molecular weight is 346 g/mol. The third-order valence-corrected chi connectivity index (χ3v) is 3.96. The largest absolute Gasteiger partial charge is 0.483 e. The molecule has 1 aromatic carbocycles. The van der Waals surface area contributed by atoms with E-state index in [0.29, 0.717) is 43.5 Å². The summed E-state index contributed by atoms with van der Waals surface area (Å²) in [6, 6.07) is 10.6. The minimum atomic E-state index is -0.238. The van der Waals surface area contributed by atoms with Crippen LogP contribution in [0.25, 0.3) is 0 Å². The number of amides is 2. The van der Waals surface area contributed by atoms with Crippen molar-refractivity contribution in [2.75, 3.05) is 38.2 Å². The van der Waals surface area contributed by atoms with Gasteiger partial charge in [-0.2, -0.15) is 0 Å². The number of aliphatic hydroxyl groups is 1. The zero-order valence-corrected chi connectivity index (χ0v) is 13.9. The second-order valence-corrected chi connectivity index (χ2v) is 5.86. The van der Waals surface area contributed by atoms with E-state index in [1.807, 2.05) is 18.2 Å². The second kappa shape index (κ2) is 8.55. The number of hydrogen-bond acceptors (Lipinski definition) is 5. The minimum absolute atomic E-state index is 0.00732. The quantitative estimate of drug-likeness (QED) is 0.868. The highest BCUT2D eigenvalue weighted by Crippen LogP contribution is 2.25. The van der Waals surface area contributed by atoms with Crippen LogP contribution in [0.2, 0.25) is 0 Å². The Balaban J connectivity index is 1.64. The number of para-hydroxylation sites is 2. The Morgan fingerprint density at radius 3 is 3.00 bits per heavy atom. The van der Waals surface area contributed by atoms with Crippen molar-refractivity contribution in [1.82, 2.24) is 4.90 Å². The van der Waals surface area contributed by atoms with E-state index >= 15 is 0 Å². The van der Waals surface area contributed by atoms with Gasteiger partial charge in [-0.3, -0.25) is 0 Å². The van der Waals surface area contributed by atoms with Crippen molar-refractivity contribution < 1.29 is 23.8 Å². The maximum atomic E-state index is 12.6. The van der Waals surface area contributed by atoms with Gasteiger partial charge in [0.25, 0.3) is 0 Å². The molecule has 1 fully saturated rings. The summed E-state index contributed by atoms with van der Waals surface area (Å²) in [4.78, 5) is 14.2. The van der Waals surface area contributed by atoms with E-state index in [4.69, 9.17) is 13.9 Å². The summed E-state index contributed by atoms with van der Waals surface area (Å²) in [5.41, 5.74) is 0.588. The highest BCUT2D eigenvalue weighted by Gasteiger charge is 2.22. The topological polar surface area (TPSA) is 84.2 Å². The number of anilines is 1. The molecular formula is C18H22N2O5. The molecule has 7 heteroatoms. The van der Waals surface area contributed by atoms with Crippen LogP contribution in [0.15, 0.2) is 47.1 Å². The van der Waals surface area contributed by atoms with Gasteiger partial charge in [-0.1, -0.05) is 12.1 Å². The zero-order valence-electron chi connectivity index (χ0n) is 13.9. The number of urea groups is 1. The van der Waals surface area contributed by atoms with Gasteiger partial charge in [-0.25, -0.2) is 4.79 Å². The van der Waals surface area contributed by atoms with Gasteiger partial charge >= 0.3 is 6.03 Å². The third kappa shape index (κ3) is 4.74. The molecule has 1 aliphatic heterocycles. The smallest absolute Gasteiger partial charge is 0.322 e. The van der Waals surface area contributed by atoms with E-state index in [1.54, 1.807) is 29.4 Å². The molecule has 0 aliphatic carbocycles. The zero-order chi connectivity index (χ0) is 17.5. The van der Waals surface area contributed by atoms with Gasteiger partial charge in [0.05, 0.1) is 25.2 Å². The monoisotopic (exact) mass is 346 g/mol. The van der Waals surface area contributed by atoms with Crippen LogP contribution in [0.4, 0.5) is 10.5 Å². The van der Waals surface area contributed by atoms with Crippen LogP contribution in [-0.2, 0) is 11.3 Å². The first-order chi connectivity index (χ1) is 12.3. The van der Waals surface area contributed by atoms with E-state index in [1.165, 1.54) is 0 Å². The van der Waals surface area contributed by atoms with Crippen molar-refractivity contribution in [2.24, 2.45) is 5.92 Å². The molecule has 0 spiro atoms. The number of hydrogen-bond donors (Lipinski definition) is 2. The summed E-state index contributed by atoms with van der Waals surface area (Å²) in [6.07, 6.45) is 1.59. The number of furan rings is 1. The van der Waals surface area contributed by atoms with E-state index in [9.17, 15) is 9.90 Å². The molecule has 1 unspecified atom stereocenters. The van der Waals surface area contributed by atoms with Crippen molar-refractivity contribution in [3.05, 3.63) is 48.4 Å². The maximum absolute atomic E-state index is 12.6. The van der Waals surface area contributed by atoms with Gasteiger partial charge in [-0.15, -0.1) is 0 Å². The highest BCUT2D eigenvalue weighted by atomic mass is 16.5. The van der Waals surface area contributed by atoms with Crippen LogP contribution in [-0.4, -0.2) is 48.9 Å². The normalized spacial score (nSPS) is 17.8. The van der Waals surface area contributed by atoms with E-state index in [-0.39, 0.29) is 25.2 Å². The first-order valence-corrected chi connectivity index (χ1v) is 8.25. The molecule has 2 N–H and O–H groups in total. The van der Waals surface area contributed by atoms with Gasteiger partial charge in [-0.05, 0) is 24.3 Å². The molecule has 1 atom stereocenters. The lowest BCUT2D eigenvalue weighted by molar-refractivity contribution is 0.0958. The molecule has 2 amide bonds. The molecule has 25 heavy (non-hydrogen) atoms. The predicted octanol–water partition coefficient (Wildman–Crippen LogP) is 2.33. The fraction of sp³-hybridized carbons (Fsp3) is 0.389. The SMILES string of the molecule is O=C(Nc1ccccc1OCc1ccco1)N1CCOCC(CO)C1. The summed E-state index contributed by atoms with van der Waals surface area (Å²) in [5, 5.41) is 12.2. The van der Waals surface area contributed by atoms with Gasteiger partial charge in [0.2, 0.25) is 0 Å². The maximum Gasteiger partial charge on any atom is 0.322 e. The van der Waals surface area contributed by atoms with Crippen molar-refractivity contribution in [3.63, 3.8) is 0 Å². The fourth-order valence-electron chi connectivity index (χ4n) is 2.61. The number of carbonyl (C=O) groups excluding carboxylic acids is 1. The van der Waals surface area contributed by atoms with Crippen LogP contribution < -0.4 is 10.1 Å². The summed E-state index contributed by atoms with van der Waals surface area (Å²) >= 11 is 0. The summed E-state index contributed by atoms with van der Waals surface area (Å²) in [6.45, 7) is 2.13. The Hall–Kier alpha value is -2.51. The number of carbonyl (C=O) groups is 1. The Labute approximate surface area is 146 Å². The van der Waals surface area contributed by atoms with Gasteiger partial charge in [0.15, 0.2) is 0 Å². The first kappa shape index (κ1) is 17.3. The number of nitrogens with zero attached hydrogens (tertiary/aromatic N) is 1. The fourth-order valence-corrected chi connectivity index (χ4v) is 2.61. The number of rotatable bonds is 5. The molecule has 0 saturated carbocycles. The minimum Gasteiger partial charge on any atom is -0.483 e. The van der Waals surface area contributed by atoms with E-state index in [0.717, 1.165) is 0 Å². The predicted molar refractivity (Wildman–Crippen MR) is 91.5 cm³/mol. The standard InChI is InChI=1S/C18H22N2O5/c21-11-14-10-20(7-9-23-12-14)18(22)19-16-5-1-2-6-17(16)25-13-15-4-3-8-24-15/h1-6,8,14,21H,7,9-13H2,(H,19,22). The molecule has 1 aliphatic rings. The van der Waals surface area contributed by atoms with Crippen molar-refractivity contribution in [2.45, 2.75) is 6.61 Å². The lowest BCUT2D eigenvalue weighted by Gasteiger charge is -2.23. The van der Waals surface area contributed by atoms with Crippen molar-refractivity contribution in [3.8, 4) is 5.75 Å². The molecule has 2 heterocycles. The molecule has 0 bridgehead atoms. The van der Waals surface area contributed by atoms with Crippen molar-refractivity contribution in [1.29, 1.82) is 0 Å². The number of benzene rings is 1. The molecule has 134 valence electrons. The Kier molecular flexibility index (Phi) is 5.92. The van der Waals surface area contributed by atoms with Crippen LogP contribution in [0.3, 0.4) is 0 Å². The Morgan fingerprint density at radius 1 is 1.32 bits per heavy atom. The molecule has 1 aromatic heterocycles. The molecular weight excluding hydrogens is 324 g/mol. The molecule has 0 radical (unpaired) electrons. The Bertz CT molecular complexity index is 674. The van der Waals surface area contributed by atoms with E-state index in [2.05, 4.69) is 5.32 Å². The van der Waals surface area contributed by atoms with Crippen LogP contribution in [0, 0.1) is 5.92 Å². The second-order valence-electron chi connectivity index (χ2n) is 5.86. The van der Waals surface area contributed by atoms with Gasteiger partial charge in [0, 0.05) is 25.6 Å². The van der Waals surface area contributed by atoms with Crippen LogP contribution in [0.5, 0.6) is 5.75 Å². The van der Waals surface area contributed by atoms with Crippen molar-refractivity contribution >= 4 is 11.7 Å². The molecule has 1 saturated heterocycles. The molecule has 7 nitrogen and oxygen atoms in total. The number of nitrogens with one attached hydrogen (secondary N) is 1. The summed E-state index contributed by atoms with van der Waals surface area (Å²) in [7, 11) is 0. The average Bonchev–Trinajstić information content (AvgIpc) is 3.03. The van der Waals surface area contributed by atoms with Crippen LogP contribution >= 0.6 is 0 Å². The summed E-state index contributed by atoms with van der Waals surface area (Å²) in [5.74, 6) is 1.20. The van der Waals surface area contributed by atoms with E-state index < -0.39 is 0 Å². The highest BCUT2D eigenvalue weighted by molar-refractivity contribution is 5.91. The molecule has 2 aromatic rings. The summed E-state index contributed by atoms with van der Waals surface area (Å²) < 4.78 is 16.4. The number of ether oxygens (including phenoxy) is 2. The van der Waals surface area contributed by atoms with Gasteiger partial charge in [0.1, 0.15) is 18.1 Å².